The Hall–Kier alpha value is -2.93. The van der Waals surface area contributed by atoms with Crippen LogP contribution in [0.1, 0.15) is 65.3 Å². The van der Waals surface area contributed by atoms with Crippen molar-refractivity contribution in [2.24, 2.45) is 11.3 Å². The Labute approximate surface area is 197 Å². The number of hydrogen-bond donors (Lipinski definition) is 1. The van der Waals surface area contributed by atoms with Crippen LogP contribution < -0.4 is 5.32 Å². The van der Waals surface area contributed by atoms with Crippen LogP contribution in [-0.4, -0.2) is 29.3 Å². The molecular formula is C26H30N2O4S. The SMILES string of the molecule is CCOC(=O)c1c(NC(=O)Cn2cc(C=O)c3ccccc32)sc2c1CC[C@@H](C(C)(C)C)C2. The summed E-state index contributed by atoms with van der Waals surface area (Å²) in [6.07, 6.45) is 5.21. The van der Waals surface area contributed by atoms with Crippen LogP contribution in [0.15, 0.2) is 30.5 Å². The van der Waals surface area contributed by atoms with Crippen LogP contribution >= 0.6 is 11.3 Å². The number of amides is 1. The Kier molecular flexibility index (Phi) is 6.43. The molecule has 1 amide bonds. The van der Waals surface area contributed by atoms with Crippen LogP contribution in [0.2, 0.25) is 0 Å². The quantitative estimate of drug-likeness (QED) is 0.385. The van der Waals surface area contributed by atoms with E-state index in [4.69, 9.17) is 4.74 Å². The molecule has 0 saturated heterocycles. The van der Waals surface area contributed by atoms with Crippen molar-refractivity contribution in [3.05, 3.63) is 52.0 Å². The van der Waals surface area contributed by atoms with Crippen LogP contribution in [0.5, 0.6) is 0 Å². The van der Waals surface area contributed by atoms with Crippen molar-refractivity contribution in [2.45, 2.75) is 53.5 Å². The minimum absolute atomic E-state index is 0.0454. The number of aromatic nitrogens is 1. The summed E-state index contributed by atoms with van der Waals surface area (Å²) in [7, 11) is 0. The molecule has 2 aromatic heterocycles. The van der Waals surface area contributed by atoms with Crippen LogP contribution in [0, 0.1) is 11.3 Å². The van der Waals surface area contributed by atoms with E-state index in [9.17, 15) is 14.4 Å². The van der Waals surface area contributed by atoms with Gasteiger partial charge in [-0.25, -0.2) is 4.79 Å². The topological polar surface area (TPSA) is 77.4 Å². The van der Waals surface area contributed by atoms with Gasteiger partial charge in [0.15, 0.2) is 6.29 Å². The van der Waals surface area contributed by atoms with E-state index in [-0.39, 0.29) is 30.4 Å². The molecule has 33 heavy (non-hydrogen) atoms. The van der Waals surface area contributed by atoms with Gasteiger partial charge in [-0.2, -0.15) is 0 Å². The van der Waals surface area contributed by atoms with Gasteiger partial charge in [-0.05, 0) is 49.1 Å². The number of anilines is 1. The summed E-state index contributed by atoms with van der Waals surface area (Å²) >= 11 is 1.49. The Morgan fingerprint density at radius 1 is 1.27 bits per heavy atom. The first-order chi connectivity index (χ1) is 15.7. The molecule has 0 radical (unpaired) electrons. The predicted molar refractivity (Wildman–Crippen MR) is 131 cm³/mol. The Morgan fingerprint density at radius 2 is 2.03 bits per heavy atom. The lowest BCUT2D eigenvalue weighted by Crippen LogP contribution is -2.26. The number of fused-ring (bicyclic) bond motifs is 2. The summed E-state index contributed by atoms with van der Waals surface area (Å²) in [6, 6.07) is 7.50. The van der Waals surface area contributed by atoms with Crippen molar-refractivity contribution >= 4 is 45.4 Å². The molecule has 2 heterocycles. The zero-order valence-electron chi connectivity index (χ0n) is 19.6. The largest absolute Gasteiger partial charge is 0.462 e. The summed E-state index contributed by atoms with van der Waals surface area (Å²) in [4.78, 5) is 38.4. The highest BCUT2D eigenvalue weighted by Crippen LogP contribution is 2.44. The number of nitrogens with zero attached hydrogens (tertiary/aromatic N) is 1. The average Bonchev–Trinajstić information content (AvgIpc) is 3.30. The first-order valence-corrected chi connectivity index (χ1v) is 12.2. The van der Waals surface area contributed by atoms with E-state index in [1.54, 1.807) is 17.7 Å². The number of nitrogens with one attached hydrogen (secondary N) is 1. The number of hydrogen-bond acceptors (Lipinski definition) is 5. The predicted octanol–water partition coefficient (Wildman–Crippen LogP) is 5.48. The van der Waals surface area contributed by atoms with E-state index in [0.29, 0.717) is 22.0 Å². The number of rotatable bonds is 6. The van der Waals surface area contributed by atoms with Crippen molar-refractivity contribution < 1.29 is 19.1 Å². The van der Waals surface area contributed by atoms with Gasteiger partial charge in [-0.1, -0.05) is 39.0 Å². The fourth-order valence-electron chi connectivity index (χ4n) is 4.65. The van der Waals surface area contributed by atoms with Gasteiger partial charge in [0.2, 0.25) is 5.91 Å². The fourth-order valence-corrected chi connectivity index (χ4v) is 5.98. The molecule has 1 atom stereocenters. The van der Waals surface area contributed by atoms with E-state index < -0.39 is 0 Å². The maximum absolute atomic E-state index is 13.0. The maximum atomic E-state index is 13.0. The molecular weight excluding hydrogens is 436 g/mol. The summed E-state index contributed by atoms with van der Waals surface area (Å²) in [5.41, 5.74) is 3.07. The third kappa shape index (κ3) is 4.60. The molecule has 6 nitrogen and oxygen atoms in total. The van der Waals surface area contributed by atoms with Gasteiger partial charge in [0.1, 0.15) is 11.5 Å². The van der Waals surface area contributed by atoms with Gasteiger partial charge >= 0.3 is 5.97 Å². The molecule has 0 unspecified atom stereocenters. The highest BCUT2D eigenvalue weighted by Gasteiger charge is 2.34. The summed E-state index contributed by atoms with van der Waals surface area (Å²) in [5, 5.41) is 4.34. The second kappa shape index (κ2) is 9.14. The number of ether oxygens (including phenoxy) is 1. The van der Waals surface area contributed by atoms with Crippen LogP contribution in [0.25, 0.3) is 10.9 Å². The molecule has 0 spiro atoms. The molecule has 174 valence electrons. The molecule has 7 heteroatoms. The summed E-state index contributed by atoms with van der Waals surface area (Å²) < 4.78 is 7.10. The average molecular weight is 467 g/mol. The van der Waals surface area contributed by atoms with Crippen molar-refractivity contribution in [1.82, 2.24) is 4.57 Å². The lowest BCUT2D eigenvalue weighted by atomic mass is 9.72. The van der Waals surface area contributed by atoms with E-state index in [1.807, 2.05) is 24.3 Å². The highest BCUT2D eigenvalue weighted by atomic mass is 32.1. The highest BCUT2D eigenvalue weighted by molar-refractivity contribution is 7.17. The summed E-state index contributed by atoms with van der Waals surface area (Å²) in [6.45, 7) is 8.86. The van der Waals surface area contributed by atoms with Crippen molar-refractivity contribution in [3.8, 4) is 0 Å². The van der Waals surface area contributed by atoms with Gasteiger partial charge in [0.05, 0.1) is 12.2 Å². The standard InChI is InChI=1S/C26H30N2O4S/c1-5-32-25(31)23-19-11-10-17(26(2,3)4)12-21(19)33-24(23)27-22(30)14-28-13-16(15-29)18-8-6-7-9-20(18)28/h6-9,13,15,17H,5,10-12,14H2,1-4H3,(H,27,30)/t17-/m1/s1. The molecule has 0 aliphatic heterocycles. The molecule has 4 rings (SSSR count). The molecule has 0 saturated carbocycles. The van der Waals surface area contributed by atoms with Crippen LogP contribution in [0.4, 0.5) is 5.00 Å². The minimum Gasteiger partial charge on any atom is -0.462 e. The molecule has 1 aliphatic rings. The van der Waals surface area contributed by atoms with Crippen LogP contribution in [-0.2, 0) is 28.9 Å². The first kappa shape index (κ1) is 23.2. The van der Waals surface area contributed by atoms with Gasteiger partial charge in [-0.15, -0.1) is 11.3 Å². The van der Waals surface area contributed by atoms with E-state index >= 15 is 0 Å². The third-order valence-corrected chi connectivity index (χ3v) is 7.65. The molecule has 3 aromatic rings. The molecule has 0 bridgehead atoms. The molecule has 1 N–H and O–H groups in total. The summed E-state index contributed by atoms with van der Waals surface area (Å²) in [5.74, 6) is -0.103. The zero-order chi connectivity index (χ0) is 23.8. The second-order valence-corrected chi connectivity index (χ2v) is 10.7. The molecule has 1 aliphatic carbocycles. The van der Waals surface area contributed by atoms with E-state index in [1.165, 1.54) is 11.3 Å². The monoisotopic (exact) mass is 466 g/mol. The zero-order valence-corrected chi connectivity index (χ0v) is 20.4. The van der Waals surface area contributed by atoms with Crippen molar-refractivity contribution in [1.29, 1.82) is 0 Å². The normalized spacial score (nSPS) is 15.8. The Morgan fingerprint density at radius 3 is 2.73 bits per heavy atom. The fraction of sp³-hybridized carbons (Fsp3) is 0.423. The van der Waals surface area contributed by atoms with Gasteiger partial charge in [-0.3, -0.25) is 9.59 Å². The molecule has 1 aromatic carbocycles. The second-order valence-electron chi connectivity index (χ2n) is 9.63. The van der Waals surface area contributed by atoms with E-state index in [0.717, 1.165) is 46.9 Å². The number of thiophene rings is 1. The smallest absolute Gasteiger partial charge is 0.341 e. The third-order valence-electron chi connectivity index (χ3n) is 6.48. The number of benzene rings is 1. The van der Waals surface area contributed by atoms with Crippen molar-refractivity contribution in [2.75, 3.05) is 11.9 Å². The maximum Gasteiger partial charge on any atom is 0.341 e. The van der Waals surface area contributed by atoms with Gasteiger partial charge in [0, 0.05) is 27.5 Å². The van der Waals surface area contributed by atoms with Gasteiger partial charge < -0.3 is 14.6 Å². The van der Waals surface area contributed by atoms with Gasteiger partial charge in [0.25, 0.3) is 0 Å². The number of esters is 1. The number of para-hydroxylation sites is 1. The number of aldehydes is 1. The van der Waals surface area contributed by atoms with E-state index in [2.05, 4.69) is 26.1 Å². The lowest BCUT2D eigenvalue weighted by Gasteiger charge is -2.33. The van der Waals surface area contributed by atoms with Crippen molar-refractivity contribution in [3.63, 3.8) is 0 Å². The lowest BCUT2D eigenvalue weighted by molar-refractivity contribution is -0.116. The first-order valence-electron chi connectivity index (χ1n) is 11.4. The Bertz CT molecular complexity index is 1220. The number of carbonyl (C=O) groups excluding carboxylic acids is 3. The Balaban J connectivity index is 1.62. The molecule has 0 fully saturated rings. The van der Waals surface area contributed by atoms with Crippen LogP contribution in [0.3, 0.4) is 0 Å². The minimum atomic E-state index is -0.380. The number of carbonyl (C=O) groups is 3.